The first-order valence-corrected chi connectivity index (χ1v) is 27.2. The highest BCUT2D eigenvalue weighted by atomic mass is 32.1. The summed E-state index contributed by atoms with van der Waals surface area (Å²) in [7, 11) is 21.0. The van der Waals surface area contributed by atoms with E-state index < -0.39 is 5.41 Å². The van der Waals surface area contributed by atoms with Crippen molar-refractivity contribution >= 4 is 121 Å². The molecule has 0 radical (unpaired) electrons. The highest BCUT2D eigenvalue weighted by molar-refractivity contribution is 7.20. The summed E-state index contributed by atoms with van der Waals surface area (Å²) >= 11 is 1.98. The van der Waals surface area contributed by atoms with Gasteiger partial charge in [-0.3, -0.25) is 0 Å². The van der Waals surface area contributed by atoms with Crippen molar-refractivity contribution in [1.29, 1.82) is 0 Å². The third-order valence-corrected chi connectivity index (χ3v) is 19.0. The van der Waals surface area contributed by atoms with Gasteiger partial charge in [0.25, 0.3) is 0 Å². The zero-order chi connectivity index (χ0) is 51.5. The van der Waals surface area contributed by atoms with Gasteiger partial charge >= 0.3 is 0 Å². The second kappa shape index (κ2) is 17.9. The standard InChI is InChI=1S/C63H56B9NS/c1-33(64)53(65)56(68)52(61(71)72)63(51-54(66)57(69)58(70)55(51)67)46-24-14-12-22-44(46)60-50(63)49(34-15-5-4-6-16-34)59(74-60)35-25-27-37(28-26-35)73(48-31-36-17-7-8-18-39(36)40-19-9-10-21-43(40)48)38-29-30-42-41-20-11-13-23-45(41)62(2,3)47(42)32-38/h4-32,51H,1,64-72H2,2-3H3/b56-53-. The Hall–Kier alpha value is -6.94. The molecule has 1 unspecified atom stereocenters. The van der Waals surface area contributed by atoms with Crippen LogP contribution < -0.4 is 4.90 Å². The first-order chi connectivity index (χ1) is 35.7. The molecule has 3 aliphatic rings. The molecule has 1 heterocycles. The minimum absolute atomic E-state index is 0.116. The Morgan fingerprint density at radius 3 is 1.76 bits per heavy atom. The van der Waals surface area contributed by atoms with Crippen molar-refractivity contribution in [1.82, 2.24) is 0 Å². The van der Waals surface area contributed by atoms with Crippen molar-refractivity contribution in [2.45, 2.75) is 24.7 Å². The fraction of sp³-hybridized carbons (Fsp3) is 0.0794. The van der Waals surface area contributed by atoms with E-state index in [2.05, 4.69) is 272 Å². The van der Waals surface area contributed by atoms with E-state index in [0.717, 1.165) is 16.8 Å². The van der Waals surface area contributed by atoms with Gasteiger partial charge in [-0.25, -0.2) is 0 Å². The summed E-state index contributed by atoms with van der Waals surface area (Å²) in [5.41, 5.74) is 26.9. The van der Waals surface area contributed by atoms with Crippen LogP contribution in [0.1, 0.15) is 36.1 Å². The Morgan fingerprint density at radius 1 is 0.514 bits per heavy atom. The number of thiophene rings is 1. The number of fused-ring (bicyclic) bond motifs is 9. The Labute approximate surface area is 450 Å². The molecule has 11 heteroatoms. The molecule has 1 nitrogen and oxygen atoms in total. The molecule has 0 amide bonds. The normalized spacial score (nSPS) is 16.7. The Balaban J connectivity index is 1.13. The summed E-state index contributed by atoms with van der Waals surface area (Å²) in [6, 6.07) is 66.5. The van der Waals surface area contributed by atoms with E-state index in [0.29, 0.717) is 0 Å². The van der Waals surface area contributed by atoms with Crippen LogP contribution in [0.3, 0.4) is 0 Å². The Morgan fingerprint density at radius 2 is 1.08 bits per heavy atom. The molecule has 0 spiro atoms. The monoisotopic (exact) mass is 957 g/mol. The molecule has 74 heavy (non-hydrogen) atoms. The molecule has 0 saturated heterocycles. The van der Waals surface area contributed by atoms with Crippen molar-refractivity contribution in [2.24, 2.45) is 5.92 Å². The van der Waals surface area contributed by atoms with Crippen LogP contribution in [0.5, 0.6) is 0 Å². The second-order valence-corrected chi connectivity index (χ2v) is 23.2. The summed E-state index contributed by atoms with van der Waals surface area (Å²) in [5.74, 6) is 0.116. The van der Waals surface area contributed by atoms with Gasteiger partial charge in [0, 0.05) is 43.4 Å². The van der Waals surface area contributed by atoms with Gasteiger partial charge in [-0.1, -0.05) is 170 Å². The third-order valence-electron chi connectivity index (χ3n) is 17.7. The van der Waals surface area contributed by atoms with Gasteiger partial charge in [0.2, 0.25) is 0 Å². The lowest BCUT2D eigenvalue weighted by atomic mass is 9.48. The molecule has 0 bridgehead atoms. The largest absolute Gasteiger partial charge is 0.310 e. The summed E-state index contributed by atoms with van der Waals surface area (Å²) < 4.78 is 0. The van der Waals surface area contributed by atoms with Crippen molar-refractivity contribution in [2.75, 3.05) is 4.90 Å². The molecule has 0 aliphatic heterocycles. The Kier molecular flexibility index (Phi) is 11.6. The number of benzene rings is 8. The van der Waals surface area contributed by atoms with E-state index in [-0.39, 0.29) is 11.3 Å². The number of rotatable bonds is 9. The lowest BCUT2D eigenvalue weighted by Crippen LogP contribution is -2.41. The molecule has 12 rings (SSSR count). The predicted octanol–water partition coefficient (Wildman–Crippen LogP) is 8.12. The quantitative estimate of drug-likeness (QED) is 0.0804. The molecule has 0 saturated carbocycles. The molecule has 0 N–H and O–H groups in total. The number of hydrogen-bond donors (Lipinski definition) is 0. The van der Waals surface area contributed by atoms with Crippen molar-refractivity contribution in [3.8, 4) is 43.1 Å². The van der Waals surface area contributed by atoms with Gasteiger partial charge in [-0.05, 0) is 96.6 Å². The van der Waals surface area contributed by atoms with Gasteiger partial charge in [0.05, 0.1) is 11.1 Å². The van der Waals surface area contributed by atoms with Crippen LogP contribution in [0.2, 0.25) is 0 Å². The zero-order valence-corrected chi connectivity index (χ0v) is 45.7. The lowest BCUT2D eigenvalue weighted by molar-refractivity contribution is 0.525. The average Bonchev–Trinajstić information content (AvgIpc) is 4.18. The van der Waals surface area contributed by atoms with Gasteiger partial charge in [0.15, 0.2) is 0 Å². The van der Waals surface area contributed by atoms with Crippen LogP contribution in [0.4, 0.5) is 17.1 Å². The third kappa shape index (κ3) is 6.95. The number of allylic oxidation sites excluding steroid dienone is 8. The van der Waals surface area contributed by atoms with Gasteiger partial charge < -0.3 is 4.90 Å². The van der Waals surface area contributed by atoms with E-state index in [9.17, 15) is 0 Å². The molecule has 3 aliphatic carbocycles. The van der Waals surface area contributed by atoms with E-state index in [1.54, 1.807) is 0 Å². The minimum Gasteiger partial charge on any atom is -0.310 e. The Bertz CT molecular complexity index is 3980. The van der Waals surface area contributed by atoms with Crippen LogP contribution >= 0.6 is 11.3 Å². The average molecular weight is 957 g/mol. The van der Waals surface area contributed by atoms with Crippen LogP contribution in [-0.2, 0) is 10.8 Å². The van der Waals surface area contributed by atoms with Crippen molar-refractivity contribution < 1.29 is 0 Å². The van der Waals surface area contributed by atoms with Gasteiger partial charge in [-0.2, -0.15) is 0 Å². The zero-order valence-electron chi connectivity index (χ0n) is 44.9. The molecule has 8 aromatic carbocycles. The van der Waals surface area contributed by atoms with E-state index >= 15 is 0 Å². The highest BCUT2D eigenvalue weighted by Crippen LogP contribution is 2.68. The molecule has 346 valence electrons. The molecular weight excluding hydrogens is 900 g/mol. The highest BCUT2D eigenvalue weighted by Gasteiger charge is 2.56. The molecule has 1 aromatic heterocycles. The van der Waals surface area contributed by atoms with Crippen molar-refractivity contribution in [3.05, 3.63) is 254 Å². The lowest BCUT2D eigenvalue weighted by Gasteiger charge is -2.45. The minimum atomic E-state index is -0.520. The SMILES string of the molecule is BC(=C)/C(B)=C(/B)C(=C(B)B)C1(C2C(B)=C(B)C(B)=C2B)c2ccccc2-c2sc(-c3ccc(N(c4ccc5c(c4)C(C)(C)c4ccccc4-5)c4cc5ccccc5c5ccccc45)cc3)c(-c3ccccc3)c21. The van der Waals surface area contributed by atoms with Crippen LogP contribution in [0.15, 0.2) is 232 Å². The van der Waals surface area contributed by atoms with Gasteiger partial charge in [0.1, 0.15) is 70.6 Å². The molecule has 9 aromatic rings. The first kappa shape index (κ1) is 48.0. The first-order valence-electron chi connectivity index (χ1n) is 26.4. The van der Waals surface area contributed by atoms with Crippen LogP contribution in [0, 0.1) is 5.92 Å². The van der Waals surface area contributed by atoms with Gasteiger partial charge in [-0.15, -0.1) is 56.1 Å². The maximum absolute atomic E-state index is 4.53. The van der Waals surface area contributed by atoms with Crippen LogP contribution in [0.25, 0.3) is 64.7 Å². The fourth-order valence-corrected chi connectivity index (χ4v) is 15.2. The second-order valence-electron chi connectivity index (χ2n) is 22.1. The number of hydrogen-bond acceptors (Lipinski definition) is 2. The molecule has 0 fully saturated rings. The summed E-state index contributed by atoms with van der Waals surface area (Å²) in [6.45, 7) is 9.29. The summed E-state index contributed by atoms with van der Waals surface area (Å²) in [5, 5.41) is 6.30. The van der Waals surface area contributed by atoms with E-state index in [1.807, 2.05) is 11.3 Å². The number of nitrogens with zero attached hydrogens (tertiary/aromatic N) is 1. The smallest absolute Gasteiger partial charge is 0.138 e. The maximum atomic E-state index is 4.53. The molecular formula is C63H56B9NS. The summed E-state index contributed by atoms with van der Waals surface area (Å²) in [6.07, 6.45) is 0. The van der Waals surface area contributed by atoms with Crippen LogP contribution in [-0.4, -0.2) is 70.6 Å². The van der Waals surface area contributed by atoms with E-state index in [4.69, 9.17) is 0 Å². The topological polar surface area (TPSA) is 3.24 Å². The summed E-state index contributed by atoms with van der Waals surface area (Å²) in [4.78, 5) is 5.18. The molecule has 1 atom stereocenters. The maximum Gasteiger partial charge on any atom is 0.138 e. The fourth-order valence-electron chi connectivity index (χ4n) is 13.8. The van der Waals surface area contributed by atoms with Crippen molar-refractivity contribution in [3.63, 3.8) is 0 Å². The number of anilines is 3. The van der Waals surface area contributed by atoms with E-state index in [1.165, 1.54) is 136 Å². The predicted molar refractivity (Wildman–Crippen MR) is 346 cm³/mol.